The second kappa shape index (κ2) is 11.2. The zero-order chi connectivity index (χ0) is 28.5. The van der Waals surface area contributed by atoms with E-state index in [1.54, 1.807) is 12.1 Å². The normalized spacial score (nSPS) is 20.7. The first kappa shape index (κ1) is 28.7. The number of hydrogen-bond acceptors (Lipinski definition) is 10. The summed E-state index contributed by atoms with van der Waals surface area (Å²) in [6.45, 7) is 1.23. The van der Waals surface area contributed by atoms with Crippen LogP contribution in [-0.4, -0.2) is 98.8 Å². The van der Waals surface area contributed by atoms with E-state index < -0.39 is 37.4 Å². The molecule has 1 spiro atoms. The van der Waals surface area contributed by atoms with Gasteiger partial charge in [0, 0.05) is 37.9 Å². The van der Waals surface area contributed by atoms with Gasteiger partial charge in [0.05, 0.1) is 22.6 Å². The molecule has 14 nitrogen and oxygen atoms in total. The minimum Gasteiger partial charge on any atom is -0.491 e. The van der Waals surface area contributed by atoms with Crippen molar-refractivity contribution >= 4 is 31.2 Å². The zero-order valence-corrected chi connectivity index (χ0v) is 23.4. The second-order valence-electron chi connectivity index (χ2n) is 10.0. The molecule has 1 aromatic carbocycles. The van der Waals surface area contributed by atoms with Gasteiger partial charge in [0.2, 0.25) is 20.0 Å². The average Bonchev–Trinajstić information content (AvgIpc) is 3.52. The smallest absolute Gasteiger partial charge is 0.325 e. The van der Waals surface area contributed by atoms with E-state index in [-0.39, 0.29) is 42.1 Å². The summed E-state index contributed by atoms with van der Waals surface area (Å²) in [7, 11) is -6.06. The molecule has 0 saturated carbocycles. The first-order valence-electron chi connectivity index (χ1n) is 12.8. The Bertz CT molecular complexity index is 1630. The number of aliphatic hydroxyl groups excluding tert-OH is 1. The van der Waals surface area contributed by atoms with Crippen LogP contribution in [0.5, 0.6) is 5.75 Å². The van der Waals surface area contributed by atoms with E-state index in [0.29, 0.717) is 42.8 Å². The summed E-state index contributed by atoms with van der Waals surface area (Å²) in [4.78, 5) is 20.6. The molecule has 4 heterocycles. The fraction of sp³-hybridized carbons (Fsp3) is 0.500. The fourth-order valence-electron chi connectivity index (χ4n) is 5.05. The van der Waals surface area contributed by atoms with E-state index in [0.717, 1.165) is 0 Å². The highest BCUT2D eigenvalue weighted by Crippen LogP contribution is 2.37. The summed E-state index contributed by atoms with van der Waals surface area (Å²) in [5.74, 6) is 0.331. The van der Waals surface area contributed by atoms with Crippen molar-refractivity contribution in [3.8, 4) is 5.75 Å². The Hall–Kier alpha value is -2.86. The molecule has 2 saturated heterocycles. The number of aromatic amines is 2. The Morgan fingerprint density at radius 2 is 1.98 bits per heavy atom. The van der Waals surface area contributed by atoms with Gasteiger partial charge in [0.25, 0.3) is 0 Å². The molecule has 2 aromatic heterocycles. The molecule has 3 aromatic rings. The molecule has 2 atom stereocenters. The van der Waals surface area contributed by atoms with Crippen molar-refractivity contribution in [3.63, 3.8) is 0 Å². The van der Waals surface area contributed by atoms with Crippen molar-refractivity contribution in [2.75, 3.05) is 39.9 Å². The number of ether oxygens (including phenoxy) is 2. The molecular formula is C24H32N6O8S2. The number of sulfonamides is 2. The van der Waals surface area contributed by atoms with Crippen LogP contribution in [-0.2, 0) is 24.8 Å². The highest BCUT2D eigenvalue weighted by molar-refractivity contribution is 7.89. The lowest BCUT2D eigenvalue weighted by Crippen LogP contribution is -2.47. The van der Waals surface area contributed by atoms with Crippen LogP contribution in [0.1, 0.15) is 19.3 Å². The molecule has 218 valence electrons. The lowest BCUT2D eigenvalue weighted by molar-refractivity contribution is -0.0312. The van der Waals surface area contributed by atoms with Gasteiger partial charge < -0.3 is 24.9 Å². The molecule has 16 heteroatoms. The standard InChI is InChI=1S/C24H32N6O8S2/c1-25-39(33,34)19-4-2-3-18(9-19)37-15-17(31)12-26-16-11-24(38-14-16)5-7-30(8-6-24)40(35,36)20-10-21-22(27-13-20)29-23(32)28-21/h2-4,9-10,13,16-17,25-26,31H,5-8,11-12,14-15H2,1H3,(H2,27,28,29,32)/t16-,17+/m1/s1. The minimum atomic E-state index is -3.79. The lowest BCUT2D eigenvalue weighted by atomic mass is 9.88. The van der Waals surface area contributed by atoms with Crippen LogP contribution >= 0.6 is 0 Å². The van der Waals surface area contributed by atoms with Crippen molar-refractivity contribution < 1.29 is 31.4 Å². The predicted octanol–water partition coefficient (Wildman–Crippen LogP) is -0.499. The topological polar surface area (TPSA) is 196 Å². The first-order valence-corrected chi connectivity index (χ1v) is 15.7. The van der Waals surface area contributed by atoms with Gasteiger partial charge in [-0.15, -0.1) is 0 Å². The van der Waals surface area contributed by atoms with Gasteiger partial charge in [0.1, 0.15) is 23.4 Å². The first-order chi connectivity index (χ1) is 19.0. The average molecular weight is 597 g/mol. The molecule has 5 N–H and O–H groups in total. The SMILES string of the molecule is CNS(=O)(=O)c1cccc(OC[C@@H](O)CN[C@H]2COC3(CCN(S(=O)(=O)c4cnc5[nH]c(=O)[nH]c5c4)CC3)C2)c1. The third kappa shape index (κ3) is 6.07. The Balaban J connectivity index is 1.09. The van der Waals surface area contributed by atoms with Crippen molar-refractivity contribution in [2.24, 2.45) is 0 Å². The number of fused-ring (bicyclic) bond motifs is 1. The van der Waals surface area contributed by atoms with Crippen molar-refractivity contribution in [2.45, 2.75) is 46.8 Å². The molecule has 0 bridgehead atoms. The van der Waals surface area contributed by atoms with Crippen LogP contribution in [0.15, 0.2) is 51.1 Å². The van der Waals surface area contributed by atoms with E-state index in [9.17, 15) is 26.7 Å². The monoisotopic (exact) mass is 596 g/mol. The maximum absolute atomic E-state index is 13.2. The zero-order valence-electron chi connectivity index (χ0n) is 21.8. The van der Waals surface area contributed by atoms with Gasteiger partial charge in [-0.05, 0) is 44.5 Å². The van der Waals surface area contributed by atoms with E-state index in [1.165, 1.54) is 35.7 Å². The number of imidazole rings is 1. The van der Waals surface area contributed by atoms with Crippen molar-refractivity contribution in [3.05, 3.63) is 47.0 Å². The van der Waals surface area contributed by atoms with Gasteiger partial charge >= 0.3 is 5.69 Å². The summed E-state index contributed by atoms with van der Waals surface area (Å²) in [5, 5.41) is 13.7. The number of nitrogens with zero attached hydrogens (tertiary/aromatic N) is 2. The number of aromatic nitrogens is 3. The number of pyridine rings is 1. The quantitative estimate of drug-likeness (QED) is 0.204. The molecule has 40 heavy (non-hydrogen) atoms. The number of piperidine rings is 1. The molecular weight excluding hydrogens is 564 g/mol. The lowest BCUT2D eigenvalue weighted by Gasteiger charge is -2.38. The van der Waals surface area contributed by atoms with Crippen molar-refractivity contribution in [1.29, 1.82) is 0 Å². The minimum absolute atomic E-state index is 0.0149. The van der Waals surface area contributed by atoms with Crippen LogP contribution < -0.4 is 20.5 Å². The summed E-state index contributed by atoms with van der Waals surface area (Å²) >= 11 is 0. The van der Waals surface area contributed by atoms with Gasteiger partial charge in [0.15, 0.2) is 5.65 Å². The molecule has 0 unspecified atom stereocenters. The molecule has 5 rings (SSSR count). The number of hydrogen-bond donors (Lipinski definition) is 5. The van der Waals surface area contributed by atoms with Crippen molar-refractivity contribution in [1.82, 2.24) is 29.3 Å². The number of benzene rings is 1. The van der Waals surface area contributed by atoms with Crippen LogP contribution in [0.3, 0.4) is 0 Å². The van der Waals surface area contributed by atoms with Gasteiger partial charge in [-0.3, -0.25) is 4.98 Å². The summed E-state index contributed by atoms with van der Waals surface area (Å²) in [5.41, 5.74) is -0.273. The maximum atomic E-state index is 13.2. The summed E-state index contributed by atoms with van der Waals surface area (Å²) in [6.07, 6.45) is 2.13. The van der Waals surface area contributed by atoms with Crippen LogP contribution in [0.2, 0.25) is 0 Å². The molecule has 0 amide bonds. The van der Waals surface area contributed by atoms with E-state index in [1.807, 2.05) is 0 Å². The Morgan fingerprint density at radius 1 is 1.20 bits per heavy atom. The third-order valence-electron chi connectivity index (χ3n) is 7.29. The Kier molecular flexibility index (Phi) is 8.02. The highest BCUT2D eigenvalue weighted by Gasteiger charge is 2.44. The number of nitrogens with one attached hydrogen (secondary N) is 4. The van der Waals surface area contributed by atoms with Gasteiger partial charge in [-0.25, -0.2) is 31.3 Å². The third-order valence-corrected chi connectivity index (χ3v) is 10.6. The van der Waals surface area contributed by atoms with E-state index >= 15 is 0 Å². The maximum Gasteiger partial charge on any atom is 0.325 e. The molecule has 0 aliphatic carbocycles. The molecule has 2 aliphatic heterocycles. The van der Waals surface area contributed by atoms with Crippen LogP contribution in [0.4, 0.5) is 0 Å². The largest absolute Gasteiger partial charge is 0.491 e. The summed E-state index contributed by atoms with van der Waals surface area (Å²) < 4.78 is 65.7. The van der Waals surface area contributed by atoms with E-state index in [4.69, 9.17) is 9.47 Å². The van der Waals surface area contributed by atoms with Crippen LogP contribution in [0.25, 0.3) is 11.2 Å². The second-order valence-corrected chi connectivity index (χ2v) is 13.8. The summed E-state index contributed by atoms with van der Waals surface area (Å²) in [6, 6.07) is 7.42. The fourth-order valence-corrected chi connectivity index (χ4v) is 7.23. The van der Waals surface area contributed by atoms with E-state index in [2.05, 4.69) is 25.0 Å². The Labute approximate surface area is 231 Å². The number of rotatable bonds is 10. The highest BCUT2D eigenvalue weighted by atomic mass is 32.2. The Morgan fingerprint density at radius 3 is 2.73 bits per heavy atom. The molecule has 0 radical (unpaired) electrons. The number of H-pyrrole nitrogens is 2. The van der Waals surface area contributed by atoms with Gasteiger partial charge in [-0.2, -0.15) is 4.31 Å². The number of aliphatic hydroxyl groups is 1. The van der Waals surface area contributed by atoms with Gasteiger partial charge in [-0.1, -0.05) is 6.07 Å². The van der Waals surface area contributed by atoms with Crippen LogP contribution in [0, 0.1) is 0 Å². The molecule has 2 fully saturated rings. The molecule has 2 aliphatic rings. The predicted molar refractivity (Wildman–Crippen MR) is 144 cm³/mol.